The zero-order valence-corrected chi connectivity index (χ0v) is 32.1. The second-order valence-electron chi connectivity index (χ2n) is 17.7. The van der Waals surface area contributed by atoms with E-state index in [4.69, 9.17) is 4.74 Å². The first-order chi connectivity index (χ1) is 24.1. The molecule has 2 amide bonds. The van der Waals surface area contributed by atoms with Gasteiger partial charge in [-0.05, 0) is 156 Å². The van der Waals surface area contributed by atoms with Gasteiger partial charge in [-0.3, -0.25) is 4.79 Å². The number of hydrogen-bond donors (Lipinski definition) is 3. The lowest BCUT2D eigenvalue weighted by atomic mass is 9.45. The van der Waals surface area contributed by atoms with E-state index >= 15 is 0 Å². The van der Waals surface area contributed by atoms with E-state index in [2.05, 4.69) is 51.2 Å². The molecule has 51 heavy (non-hydrogen) atoms. The highest BCUT2D eigenvalue weighted by Gasteiger charge is 2.59. The van der Waals surface area contributed by atoms with Crippen molar-refractivity contribution in [2.24, 2.45) is 28.6 Å². The maximum atomic E-state index is 14.4. The fourth-order valence-corrected chi connectivity index (χ4v) is 10.4. The highest BCUT2D eigenvalue weighted by atomic mass is 16.5. The smallest absolute Gasteiger partial charge is 0.317 e. The molecular weight excluding hydrogens is 636 g/mol. The quantitative estimate of drug-likeness (QED) is 0.190. The van der Waals surface area contributed by atoms with Crippen molar-refractivity contribution in [2.45, 2.75) is 129 Å². The predicted molar refractivity (Wildman–Crippen MR) is 203 cm³/mol. The van der Waals surface area contributed by atoms with E-state index in [1.165, 1.54) is 18.4 Å². The molecule has 7 nitrogen and oxygen atoms in total. The number of nitrogens with one attached hydrogen (secondary N) is 1. The van der Waals surface area contributed by atoms with E-state index < -0.39 is 17.1 Å². The van der Waals surface area contributed by atoms with Crippen LogP contribution in [-0.4, -0.2) is 64.9 Å². The van der Waals surface area contributed by atoms with Crippen LogP contribution in [0.4, 0.5) is 4.79 Å². The molecule has 0 heterocycles. The second kappa shape index (κ2) is 14.7. The summed E-state index contributed by atoms with van der Waals surface area (Å²) in [5.74, 6) is 2.31. The topological polar surface area (TPSA) is 99.1 Å². The van der Waals surface area contributed by atoms with Crippen LogP contribution >= 0.6 is 0 Å². The number of carbonyl (C=O) groups is 2. The summed E-state index contributed by atoms with van der Waals surface area (Å²) in [6.07, 6.45) is 10.0. The maximum Gasteiger partial charge on any atom is 0.317 e. The van der Waals surface area contributed by atoms with E-state index in [0.29, 0.717) is 72.8 Å². The summed E-state index contributed by atoms with van der Waals surface area (Å²) in [6.45, 7) is 14.0. The number of amides is 2. The van der Waals surface area contributed by atoms with Crippen LogP contribution in [0.3, 0.4) is 0 Å². The number of ether oxygens (including phenoxy) is 1. The predicted octanol–water partition coefficient (Wildman–Crippen LogP) is 8.46. The third kappa shape index (κ3) is 7.40. The van der Waals surface area contributed by atoms with Crippen LogP contribution < -0.4 is 10.1 Å². The normalized spacial score (nSPS) is 31.6. The van der Waals surface area contributed by atoms with Crippen LogP contribution in [0.25, 0.3) is 0 Å². The number of allylic oxidation sites excluding steroid dienone is 2. The molecule has 0 spiro atoms. The van der Waals surface area contributed by atoms with Crippen LogP contribution in [-0.2, 0) is 6.42 Å². The Morgan fingerprint density at radius 3 is 2.43 bits per heavy atom. The molecule has 7 atom stereocenters. The molecule has 2 aromatic carbocycles. The molecular formula is C44H62N2O5. The lowest BCUT2D eigenvalue weighted by molar-refractivity contribution is -0.117. The van der Waals surface area contributed by atoms with Crippen molar-refractivity contribution >= 4 is 11.8 Å². The number of ketones is 1. The van der Waals surface area contributed by atoms with Crippen LogP contribution in [0, 0.1) is 28.6 Å². The van der Waals surface area contributed by atoms with Gasteiger partial charge in [-0.25, -0.2) is 4.79 Å². The van der Waals surface area contributed by atoms with Crippen molar-refractivity contribution < 1.29 is 24.5 Å². The zero-order chi connectivity index (χ0) is 36.7. The van der Waals surface area contributed by atoms with Gasteiger partial charge in [0.05, 0.1) is 25.4 Å². The molecule has 4 saturated carbocycles. The highest BCUT2D eigenvalue weighted by molar-refractivity contribution is 6.10. The van der Waals surface area contributed by atoms with E-state index in [0.717, 1.165) is 36.3 Å². The number of benzene rings is 2. The monoisotopic (exact) mass is 698 g/mol. The molecule has 4 fully saturated rings. The van der Waals surface area contributed by atoms with Crippen LogP contribution in [0.15, 0.2) is 54.1 Å². The molecule has 2 aromatic rings. The summed E-state index contributed by atoms with van der Waals surface area (Å²) < 4.78 is 5.37. The lowest BCUT2D eigenvalue weighted by Crippen LogP contribution is -2.59. The van der Waals surface area contributed by atoms with Crippen LogP contribution in [0.2, 0.25) is 0 Å². The van der Waals surface area contributed by atoms with Crippen molar-refractivity contribution in [3.8, 4) is 5.75 Å². The minimum atomic E-state index is -1.16. The highest BCUT2D eigenvalue weighted by Crippen LogP contribution is 2.62. The second-order valence-corrected chi connectivity index (χ2v) is 17.7. The summed E-state index contributed by atoms with van der Waals surface area (Å²) in [4.78, 5) is 30.4. The summed E-state index contributed by atoms with van der Waals surface area (Å²) in [6, 6.07) is 13.3. The number of urea groups is 1. The first-order valence-corrected chi connectivity index (χ1v) is 19.6. The van der Waals surface area contributed by atoms with Gasteiger partial charge in [0.1, 0.15) is 5.75 Å². The Bertz CT molecular complexity index is 1610. The number of nitrogens with zero attached hydrogens (tertiary/aromatic N) is 1. The van der Waals surface area contributed by atoms with Crippen LogP contribution in [0.5, 0.6) is 5.75 Å². The lowest BCUT2D eigenvalue weighted by Gasteiger charge is -2.60. The molecule has 7 unspecified atom stereocenters. The summed E-state index contributed by atoms with van der Waals surface area (Å²) >= 11 is 0. The molecule has 0 aliphatic heterocycles. The Hall–Kier alpha value is -3.16. The van der Waals surface area contributed by atoms with E-state index in [1.54, 1.807) is 7.11 Å². The number of aliphatic hydroxyl groups excluding tert-OH is 1. The summed E-state index contributed by atoms with van der Waals surface area (Å²) in [5, 5.41) is 27.3. The SMILES string of the molecule is COc1ccc(C(=O)c2cc3ccc2C2CCC(O)(CN(CC4CCC5CC4C5(C)C)C(=O)NC(C)C)C2(C)CCC=C(C)CCC(O)C3)cc1. The van der Waals surface area contributed by atoms with Gasteiger partial charge in [-0.15, -0.1) is 0 Å². The minimum Gasteiger partial charge on any atom is -0.497 e. The molecule has 0 radical (unpaired) electrons. The number of carbonyl (C=O) groups excluding carboxylic acids is 2. The minimum absolute atomic E-state index is 0.0107. The van der Waals surface area contributed by atoms with E-state index in [9.17, 15) is 19.8 Å². The van der Waals surface area contributed by atoms with Crippen molar-refractivity contribution in [3.05, 3.63) is 76.4 Å². The maximum absolute atomic E-state index is 14.4. The van der Waals surface area contributed by atoms with E-state index in [1.807, 2.05) is 49.1 Å². The van der Waals surface area contributed by atoms with Crippen molar-refractivity contribution in [3.63, 3.8) is 0 Å². The molecule has 6 aliphatic rings. The molecule has 278 valence electrons. The first kappa shape index (κ1) is 37.6. The molecule has 3 N–H and O–H groups in total. The standard InChI is InChI=1S/C44H62N2O5/c1-28(2)45-41(49)46(26-32-12-15-33-25-39(32)42(33,4)5)27-44(50)22-20-38-36-19-11-30(23-34(47)16-10-29(3)9-8-21-43(38,44)6)24-37(36)40(48)31-13-17-35(51-7)18-14-31/h9,11,13-14,17-19,24,28,32-34,38-39,47,50H,8,10,12,15-16,20-23,25-27H2,1-7H3,(H,45,49). The fraction of sp³-hybridized carbons (Fsp3) is 0.636. The van der Waals surface area contributed by atoms with Gasteiger partial charge in [0, 0.05) is 29.1 Å². The van der Waals surface area contributed by atoms with Gasteiger partial charge < -0.3 is 25.2 Å². The Labute approximate surface area is 306 Å². The average molecular weight is 699 g/mol. The summed E-state index contributed by atoms with van der Waals surface area (Å²) in [7, 11) is 1.61. The van der Waals surface area contributed by atoms with E-state index in [-0.39, 0.29) is 30.3 Å². The molecule has 0 aromatic heterocycles. The third-order valence-electron chi connectivity index (χ3n) is 13.9. The van der Waals surface area contributed by atoms with Crippen molar-refractivity contribution in [2.75, 3.05) is 20.2 Å². The third-order valence-corrected chi connectivity index (χ3v) is 13.9. The van der Waals surface area contributed by atoms with Crippen molar-refractivity contribution in [1.29, 1.82) is 0 Å². The molecule has 4 bridgehead atoms. The number of hydrogen-bond acceptors (Lipinski definition) is 5. The zero-order valence-electron chi connectivity index (χ0n) is 32.1. The van der Waals surface area contributed by atoms with Crippen LogP contribution in [0.1, 0.15) is 132 Å². The number of rotatable bonds is 8. The first-order valence-electron chi connectivity index (χ1n) is 19.6. The molecule has 0 saturated heterocycles. The Balaban J connectivity index is 1.39. The average Bonchev–Trinajstić information content (AvgIpc) is 3.35. The Morgan fingerprint density at radius 1 is 1.02 bits per heavy atom. The molecule has 7 heteroatoms. The Kier molecular flexibility index (Phi) is 10.8. The van der Waals surface area contributed by atoms with Gasteiger partial charge in [0.2, 0.25) is 0 Å². The summed E-state index contributed by atoms with van der Waals surface area (Å²) in [5.41, 5.74) is 2.85. The van der Waals surface area contributed by atoms with Gasteiger partial charge in [0.15, 0.2) is 5.78 Å². The van der Waals surface area contributed by atoms with Gasteiger partial charge in [0.25, 0.3) is 0 Å². The number of fused-ring (bicyclic) bond motifs is 10. The van der Waals surface area contributed by atoms with Gasteiger partial charge in [-0.1, -0.05) is 44.6 Å². The molecule has 6 aliphatic carbocycles. The molecule has 8 rings (SSSR count). The Morgan fingerprint density at radius 2 is 1.76 bits per heavy atom. The fourth-order valence-electron chi connectivity index (χ4n) is 10.4. The number of aliphatic hydroxyl groups is 2. The number of methoxy groups -OCH3 is 1. The van der Waals surface area contributed by atoms with Gasteiger partial charge >= 0.3 is 6.03 Å². The van der Waals surface area contributed by atoms with Gasteiger partial charge in [-0.2, -0.15) is 0 Å². The van der Waals surface area contributed by atoms with Crippen molar-refractivity contribution in [1.82, 2.24) is 10.2 Å². The largest absolute Gasteiger partial charge is 0.497 e.